The number of piperazine rings is 1. The van der Waals surface area contributed by atoms with Crippen molar-refractivity contribution in [3.63, 3.8) is 0 Å². The highest BCUT2D eigenvalue weighted by Gasteiger charge is 2.25. The normalized spacial score (nSPS) is 36.0. The summed E-state index contributed by atoms with van der Waals surface area (Å²) in [5, 5.41) is 0. The second-order valence-electron chi connectivity index (χ2n) is 3.75. The molecule has 1 rings (SSSR count). The van der Waals surface area contributed by atoms with E-state index in [1.165, 1.54) is 19.6 Å². The summed E-state index contributed by atoms with van der Waals surface area (Å²) >= 11 is 0. The number of hydrogen-bond acceptors (Lipinski definition) is 2. The highest BCUT2D eigenvalue weighted by molar-refractivity contribution is 4.82. The highest BCUT2D eigenvalue weighted by atomic mass is 15.3. The third kappa shape index (κ3) is 1.94. The lowest BCUT2D eigenvalue weighted by Crippen LogP contribution is -2.55. The van der Waals surface area contributed by atoms with Crippen molar-refractivity contribution in [2.75, 3.05) is 26.7 Å². The van der Waals surface area contributed by atoms with Gasteiger partial charge in [0.1, 0.15) is 0 Å². The van der Waals surface area contributed by atoms with Crippen LogP contribution in [-0.2, 0) is 0 Å². The number of hydrogen-bond donors (Lipinski definition) is 0. The third-order valence-corrected chi connectivity index (χ3v) is 2.65. The van der Waals surface area contributed by atoms with E-state index in [4.69, 9.17) is 0 Å². The Morgan fingerprint density at radius 3 is 2.00 bits per heavy atom. The minimum atomic E-state index is 0.730. The zero-order valence-electron chi connectivity index (χ0n) is 8.17. The van der Waals surface area contributed by atoms with Crippen LogP contribution < -0.4 is 0 Å². The van der Waals surface area contributed by atoms with Gasteiger partial charge in [-0.05, 0) is 27.4 Å². The Morgan fingerprint density at radius 1 is 1.18 bits per heavy atom. The van der Waals surface area contributed by atoms with Crippen molar-refractivity contribution in [1.29, 1.82) is 0 Å². The smallest absolute Gasteiger partial charge is 0.0198 e. The van der Waals surface area contributed by atoms with Gasteiger partial charge in [0.25, 0.3) is 0 Å². The van der Waals surface area contributed by atoms with Gasteiger partial charge < -0.3 is 4.90 Å². The van der Waals surface area contributed by atoms with E-state index in [9.17, 15) is 0 Å². The summed E-state index contributed by atoms with van der Waals surface area (Å²) in [6.45, 7) is 10.5. The lowest BCUT2D eigenvalue weighted by atomic mass is 10.1. The molecule has 0 bridgehead atoms. The van der Waals surface area contributed by atoms with Crippen LogP contribution in [0.1, 0.15) is 20.8 Å². The first-order chi connectivity index (χ1) is 5.15. The van der Waals surface area contributed by atoms with Crippen LogP contribution in [0.15, 0.2) is 0 Å². The molecular weight excluding hydrogens is 136 g/mol. The van der Waals surface area contributed by atoms with Crippen LogP contribution in [0.2, 0.25) is 0 Å². The summed E-state index contributed by atoms with van der Waals surface area (Å²) in [7, 11) is 2.21. The Hall–Kier alpha value is -0.0800. The maximum Gasteiger partial charge on any atom is 0.0198 e. The van der Waals surface area contributed by atoms with Gasteiger partial charge in [-0.15, -0.1) is 0 Å². The molecule has 0 amide bonds. The lowest BCUT2D eigenvalue weighted by molar-refractivity contribution is 0.0573. The minimum absolute atomic E-state index is 0.730. The SMILES string of the molecule is CCN1C(C)CN(C)C[C@H]1C. The van der Waals surface area contributed by atoms with Crippen molar-refractivity contribution in [2.24, 2.45) is 0 Å². The van der Waals surface area contributed by atoms with Crippen molar-refractivity contribution in [3.05, 3.63) is 0 Å². The van der Waals surface area contributed by atoms with Gasteiger partial charge in [-0.1, -0.05) is 6.92 Å². The molecule has 1 aliphatic heterocycles. The van der Waals surface area contributed by atoms with Crippen LogP contribution in [0.5, 0.6) is 0 Å². The van der Waals surface area contributed by atoms with Gasteiger partial charge in [0.05, 0.1) is 0 Å². The molecule has 0 radical (unpaired) electrons. The van der Waals surface area contributed by atoms with Gasteiger partial charge in [-0.2, -0.15) is 0 Å². The molecule has 1 fully saturated rings. The molecule has 2 atom stereocenters. The van der Waals surface area contributed by atoms with E-state index in [2.05, 4.69) is 37.6 Å². The zero-order chi connectivity index (χ0) is 8.43. The van der Waals surface area contributed by atoms with E-state index in [1.54, 1.807) is 0 Å². The van der Waals surface area contributed by atoms with E-state index in [0.29, 0.717) is 0 Å². The summed E-state index contributed by atoms with van der Waals surface area (Å²) < 4.78 is 0. The molecule has 0 aromatic carbocycles. The average molecular weight is 156 g/mol. The van der Waals surface area contributed by atoms with Gasteiger partial charge in [-0.3, -0.25) is 4.90 Å². The predicted octanol–water partition coefficient (Wildman–Crippen LogP) is 1.03. The molecule has 0 aromatic heterocycles. The zero-order valence-corrected chi connectivity index (χ0v) is 8.17. The number of nitrogens with zero attached hydrogens (tertiary/aromatic N) is 2. The minimum Gasteiger partial charge on any atom is -0.303 e. The van der Waals surface area contributed by atoms with E-state index in [1.807, 2.05) is 0 Å². The molecule has 66 valence electrons. The molecule has 0 aliphatic carbocycles. The summed E-state index contributed by atoms with van der Waals surface area (Å²) in [4.78, 5) is 4.99. The van der Waals surface area contributed by atoms with Crippen molar-refractivity contribution in [1.82, 2.24) is 9.80 Å². The summed E-state index contributed by atoms with van der Waals surface area (Å²) in [6.07, 6.45) is 0. The molecule has 2 heteroatoms. The van der Waals surface area contributed by atoms with Gasteiger partial charge in [0, 0.05) is 25.2 Å². The lowest BCUT2D eigenvalue weighted by Gasteiger charge is -2.42. The quantitative estimate of drug-likeness (QED) is 0.559. The maximum atomic E-state index is 2.57. The van der Waals surface area contributed by atoms with Crippen molar-refractivity contribution < 1.29 is 0 Å². The fourth-order valence-corrected chi connectivity index (χ4v) is 2.24. The van der Waals surface area contributed by atoms with Gasteiger partial charge in [-0.25, -0.2) is 0 Å². The van der Waals surface area contributed by atoms with E-state index < -0.39 is 0 Å². The van der Waals surface area contributed by atoms with Crippen LogP contribution in [0, 0.1) is 0 Å². The highest BCUT2D eigenvalue weighted by Crippen LogP contribution is 2.12. The first-order valence-corrected chi connectivity index (χ1v) is 4.59. The Kier molecular flexibility index (Phi) is 2.90. The predicted molar refractivity (Wildman–Crippen MR) is 48.8 cm³/mol. The molecule has 11 heavy (non-hydrogen) atoms. The third-order valence-electron chi connectivity index (χ3n) is 2.65. The van der Waals surface area contributed by atoms with Crippen molar-refractivity contribution in [2.45, 2.75) is 32.9 Å². The Balaban J connectivity index is 2.52. The summed E-state index contributed by atoms with van der Waals surface area (Å²) in [5.41, 5.74) is 0. The second kappa shape index (κ2) is 3.55. The molecule has 0 aromatic rings. The first kappa shape index (κ1) is 9.01. The van der Waals surface area contributed by atoms with Gasteiger partial charge >= 0.3 is 0 Å². The molecular formula is C9H20N2. The van der Waals surface area contributed by atoms with Gasteiger partial charge in [0.2, 0.25) is 0 Å². The maximum absolute atomic E-state index is 2.57. The number of likely N-dealkylation sites (N-methyl/N-ethyl adjacent to an activating group) is 2. The molecule has 0 N–H and O–H groups in total. The van der Waals surface area contributed by atoms with Crippen LogP contribution in [0.25, 0.3) is 0 Å². The van der Waals surface area contributed by atoms with Crippen LogP contribution >= 0.6 is 0 Å². The molecule has 0 saturated carbocycles. The fraction of sp³-hybridized carbons (Fsp3) is 1.00. The van der Waals surface area contributed by atoms with Crippen LogP contribution in [-0.4, -0.2) is 48.6 Å². The molecule has 1 heterocycles. The van der Waals surface area contributed by atoms with Gasteiger partial charge in [0.15, 0.2) is 0 Å². The molecule has 1 saturated heterocycles. The largest absolute Gasteiger partial charge is 0.303 e. The second-order valence-corrected chi connectivity index (χ2v) is 3.75. The summed E-state index contributed by atoms with van der Waals surface area (Å²) in [5.74, 6) is 0. The Labute approximate surface area is 70.2 Å². The number of rotatable bonds is 1. The monoisotopic (exact) mass is 156 g/mol. The fourth-order valence-electron chi connectivity index (χ4n) is 2.24. The van der Waals surface area contributed by atoms with E-state index >= 15 is 0 Å². The molecule has 2 nitrogen and oxygen atoms in total. The molecule has 0 spiro atoms. The molecule has 1 unspecified atom stereocenters. The van der Waals surface area contributed by atoms with E-state index in [-0.39, 0.29) is 0 Å². The average Bonchev–Trinajstić information content (AvgIpc) is 1.85. The molecule has 1 aliphatic rings. The van der Waals surface area contributed by atoms with Crippen LogP contribution in [0.4, 0.5) is 0 Å². The standard InChI is InChI=1S/C9H20N2/c1-5-11-8(2)6-10(4)7-9(11)3/h8-9H,5-7H2,1-4H3/t8-,9?/m1/s1. The van der Waals surface area contributed by atoms with E-state index in [0.717, 1.165) is 12.1 Å². The Morgan fingerprint density at radius 2 is 1.64 bits per heavy atom. The summed E-state index contributed by atoms with van der Waals surface area (Å²) in [6, 6.07) is 1.46. The first-order valence-electron chi connectivity index (χ1n) is 4.59. The van der Waals surface area contributed by atoms with Crippen molar-refractivity contribution >= 4 is 0 Å². The Bertz CT molecular complexity index is 113. The van der Waals surface area contributed by atoms with Crippen molar-refractivity contribution in [3.8, 4) is 0 Å². The van der Waals surface area contributed by atoms with Crippen LogP contribution in [0.3, 0.4) is 0 Å². The topological polar surface area (TPSA) is 6.48 Å².